The lowest BCUT2D eigenvalue weighted by molar-refractivity contribution is 0.200. The molecule has 0 amide bonds. The minimum Gasteiger partial charge on any atom is -0.491 e. The lowest BCUT2D eigenvalue weighted by atomic mass is 9.72. The van der Waals surface area contributed by atoms with E-state index in [-0.39, 0.29) is 18.6 Å². The zero-order chi connectivity index (χ0) is 20.6. The first-order valence-electron chi connectivity index (χ1n) is 10.2. The SMILES string of the molecule is CCCCC(C)(c1ccc(OCCO)c(C)c1)c1ccc(OCCO)c(C)c1. The van der Waals surface area contributed by atoms with Gasteiger partial charge in [-0.25, -0.2) is 0 Å². The van der Waals surface area contributed by atoms with E-state index in [1.165, 1.54) is 11.1 Å². The molecule has 0 aliphatic heterocycles. The van der Waals surface area contributed by atoms with E-state index in [1.807, 2.05) is 26.0 Å². The van der Waals surface area contributed by atoms with Gasteiger partial charge in [0.2, 0.25) is 0 Å². The van der Waals surface area contributed by atoms with Crippen molar-refractivity contribution in [1.29, 1.82) is 0 Å². The quantitative estimate of drug-likeness (QED) is 0.595. The van der Waals surface area contributed by atoms with Crippen LogP contribution >= 0.6 is 0 Å². The van der Waals surface area contributed by atoms with Gasteiger partial charge >= 0.3 is 0 Å². The van der Waals surface area contributed by atoms with Crippen LogP contribution in [-0.2, 0) is 5.41 Å². The molecule has 2 N–H and O–H groups in total. The van der Waals surface area contributed by atoms with E-state index in [4.69, 9.17) is 19.7 Å². The monoisotopic (exact) mass is 386 g/mol. The predicted molar refractivity (Wildman–Crippen MR) is 113 cm³/mol. The maximum absolute atomic E-state index is 9.00. The molecule has 0 aromatic heterocycles. The summed E-state index contributed by atoms with van der Waals surface area (Å²) >= 11 is 0. The first kappa shape index (κ1) is 22.3. The Bertz CT molecular complexity index is 697. The molecule has 2 aromatic rings. The number of benzene rings is 2. The Morgan fingerprint density at radius 2 is 1.29 bits per heavy atom. The first-order valence-corrected chi connectivity index (χ1v) is 10.2. The summed E-state index contributed by atoms with van der Waals surface area (Å²) in [4.78, 5) is 0. The zero-order valence-electron chi connectivity index (χ0n) is 17.6. The van der Waals surface area contributed by atoms with Crippen molar-refractivity contribution in [2.24, 2.45) is 0 Å². The summed E-state index contributed by atoms with van der Waals surface area (Å²) in [5.41, 5.74) is 4.56. The number of unbranched alkanes of at least 4 members (excludes halogenated alkanes) is 1. The highest BCUT2D eigenvalue weighted by Crippen LogP contribution is 2.40. The third-order valence-corrected chi connectivity index (χ3v) is 5.35. The van der Waals surface area contributed by atoms with Crippen molar-refractivity contribution in [3.63, 3.8) is 0 Å². The second-order valence-corrected chi connectivity index (χ2v) is 7.54. The zero-order valence-corrected chi connectivity index (χ0v) is 17.6. The average molecular weight is 387 g/mol. The van der Waals surface area contributed by atoms with Crippen molar-refractivity contribution in [2.75, 3.05) is 26.4 Å². The van der Waals surface area contributed by atoms with E-state index in [0.29, 0.717) is 13.2 Å². The van der Waals surface area contributed by atoms with Crippen LogP contribution in [0.25, 0.3) is 0 Å². The van der Waals surface area contributed by atoms with E-state index < -0.39 is 0 Å². The van der Waals surface area contributed by atoms with Crippen LogP contribution in [0.3, 0.4) is 0 Å². The van der Waals surface area contributed by atoms with Crippen molar-refractivity contribution in [2.45, 2.75) is 52.4 Å². The standard InChI is InChI=1S/C24H34O4/c1-5-6-11-24(4,20-7-9-22(18(2)16-20)27-14-12-25)21-8-10-23(19(3)17-21)28-15-13-26/h7-10,16-17,25-26H,5-6,11-15H2,1-4H3. The summed E-state index contributed by atoms with van der Waals surface area (Å²) in [7, 11) is 0. The first-order chi connectivity index (χ1) is 13.5. The second-order valence-electron chi connectivity index (χ2n) is 7.54. The summed E-state index contributed by atoms with van der Waals surface area (Å²) in [5.74, 6) is 1.64. The van der Waals surface area contributed by atoms with Gasteiger partial charge in [0.25, 0.3) is 0 Å². The largest absolute Gasteiger partial charge is 0.491 e. The number of aliphatic hydroxyl groups is 2. The Morgan fingerprint density at radius 3 is 1.64 bits per heavy atom. The van der Waals surface area contributed by atoms with Crippen LogP contribution in [0.1, 0.15) is 55.4 Å². The van der Waals surface area contributed by atoms with Gasteiger partial charge in [-0.05, 0) is 54.7 Å². The molecule has 0 aliphatic rings. The van der Waals surface area contributed by atoms with Crippen LogP contribution in [0, 0.1) is 13.8 Å². The molecule has 0 bridgehead atoms. The van der Waals surface area contributed by atoms with Gasteiger partial charge in [-0.3, -0.25) is 0 Å². The van der Waals surface area contributed by atoms with Crippen molar-refractivity contribution in [1.82, 2.24) is 0 Å². The molecule has 0 atom stereocenters. The lowest BCUT2D eigenvalue weighted by Crippen LogP contribution is -2.24. The normalized spacial score (nSPS) is 11.5. The summed E-state index contributed by atoms with van der Waals surface area (Å²) in [6, 6.07) is 12.7. The van der Waals surface area contributed by atoms with E-state index in [2.05, 4.69) is 38.1 Å². The Kier molecular flexibility index (Phi) is 8.34. The molecular weight excluding hydrogens is 352 g/mol. The third kappa shape index (κ3) is 5.27. The van der Waals surface area contributed by atoms with Gasteiger partial charge in [0.05, 0.1) is 13.2 Å². The molecule has 2 aromatic carbocycles. The second kappa shape index (κ2) is 10.5. The van der Waals surface area contributed by atoms with Crippen LogP contribution in [-0.4, -0.2) is 36.6 Å². The van der Waals surface area contributed by atoms with Gasteiger partial charge in [-0.15, -0.1) is 0 Å². The van der Waals surface area contributed by atoms with E-state index in [9.17, 15) is 0 Å². The maximum atomic E-state index is 9.00. The van der Waals surface area contributed by atoms with Crippen LogP contribution in [0.5, 0.6) is 11.5 Å². The van der Waals surface area contributed by atoms with Gasteiger partial charge in [0, 0.05) is 5.41 Å². The van der Waals surface area contributed by atoms with Gasteiger partial charge < -0.3 is 19.7 Å². The topological polar surface area (TPSA) is 58.9 Å². The molecule has 154 valence electrons. The number of rotatable bonds is 11. The summed E-state index contributed by atoms with van der Waals surface area (Å²) < 4.78 is 11.3. The van der Waals surface area contributed by atoms with Gasteiger partial charge in [0.1, 0.15) is 24.7 Å². The Balaban J connectivity index is 2.40. The van der Waals surface area contributed by atoms with Gasteiger partial charge in [0.15, 0.2) is 0 Å². The fraction of sp³-hybridized carbons (Fsp3) is 0.500. The van der Waals surface area contributed by atoms with E-state index >= 15 is 0 Å². The van der Waals surface area contributed by atoms with Crippen molar-refractivity contribution in [3.05, 3.63) is 58.7 Å². The van der Waals surface area contributed by atoms with Crippen molar-refractivity contribution < 1.29 is 19.7 Å². The van der Waals surface area contributed by atoms with Crippen LogP contribution in [0.15, 0.2) is 36.4 Å². The maximum Gasteiger partial charge on any atom is 0.122 e. The van der Waals surface area contributed by atoms with Crippen LogP contribution in [0.2, 0.25) is 0 Å². The summed E-state index contributed by atoms with van der Waals surface area (Å²) in [5, 5.41) is 18.0. The average Bonchev–Trinajstić information content (AvgIpc) is 2.70. The van der Waals surface area contributed by atoms with Crippen molar-refractivity contribution >= 4 is 0 Å². The smallest absolute Gasteiger partial charge is 0.122 e. The number of hydrogen-bond acceptors (Lipinski definition) is 4. The Morgan fingerprint density at radius 1 is 0.821 bits per heavy atom. The molecule has 0 aliphatic carbocycles. The van der Waals surface area contributed by atoms with Gasteiger partial charge in [-0.1, -0.05) is 51.0 Å². The molecule has 0 radical (unpaired) electrons. The van der Waals surface area contributed by atoms with Crippen molar-refractivity contribution in [3.8, 4) is 11.5 Å². The highest BCUT2D eigenvalue weighted by Gasteiger charge is 2.29. The van der Waals surface area contributed by atoms with E-state index in [0.717, 1.165) is 41.9 Å². The molecule has 4 heteroatoms. The Labute approximate surface area is 169 Å². The Hall–Kier alpha value is -2.04. The van der Waals surface area contributed by atoms with Crippen LogP contribution in [0.4, 0.5) is 0 Å². The molecular formula is C24H34O4. The minimum atomic E-state index is -0.115. The molecule has 0 unspecified atom stereocenters. The molecule has 0 saturated carbocycles. The number of aliphatic hydroxyl groups excluding tert-OH is 2. The van der Waals surface area contributed by atoms with Gasteiger partial charge in [-0.2, -0.15) is 0 Å². The highest BCUT2D eigenvalue weighted by molar-refractivity contribution is 5.47. The number of ether oxygens (including phenoxy) is 2. The van der Waals surface area contributed by atoms with E-state index in [1.54, 1.807) is 0 Å². The predicted octanol–water partition coefficient (Wildman–Crippen LogP) is 4.54. The molecule has 28 heavy (non-hydrogen) atoms. The molecule has 0 spiro atoms. The lowest BCUT2D eigenvalue weighted by Gasteiger charge is -2.32. The molecule has 4 nitrogen and oxygen atoms in total. The third-order valence-electron chi connectivity index (χ3n) is 5.35. The molecule has 0 saturated heterocycles. The molecule has 0 heterocycles. The number of aryl methyl sites for hydroxylation is 2. The minimum absolute atomic E-state index is 0.0133. The fourth-order valence-corrected chi connectivity index (χ4v) is 3.61. The molecule has 0 fully saturated rings. The summed E-state index contributed by atoms with van der Waals surface area (Å²) in [6.45, 7) is 9.26. The van der Waals surface area contributed by atoms with Crippen LogP contribution < -0.4 is 9.47 Å². The number of hydrogen-bond donors (Lipinski definition) is 2. The molecule has 2 rings (SSSR count). The fourth-order valence-electron chi connectivity index (χ4n) is 3.61. The highest BCUT2D eigenvalue weighted by atomic mass is 16.5. The summed E-state index contributed by atoms with van der Waals surface area (Å²) in [6.07, 6.45) is 3.33.